The maximum atomic E-state index is 13.7. The molecule has 184 valence electrons. The number of aromatic nitrogens is 2. The van der Waals surface area contributed by atoms with E-state index in [1.807, 2.05) is 97.2 Å². The Morgan fingerprint density at radius 2 is 1.21 bits per heavy atom. The average Bonchev–Trinajstić information content (AvgIpc) is 3.49. The van der Waals surface area contributed by atoms with E-state index in [0.29, 0.717) is 11.3 Å². The number of imidazole rings is 1. The van der Waals surface area contributed by atoms with Gasteiger partial charge in [-0.25, -0.2) is 4.98 Å². The van der Waals surface area contributed by atoms with E-state index < -0.39 is 5.54 Å². The number of carbonyl (C=O) groups is 1. The number of ketones is 1. The lowest BCUT2D eigenvalue weighted by molar-refractivity contribution is 0.103. The molecular weight excluding hydrogens is 468 g/mol. The molecule has 0 N–H and O–H groups in total. The van der Waals surface area contributed by atoms with Gasteiger partial charge in [0.15, 0.2) is 0 Å². The van der Waals surface area contributed by atoms with E-state index in [0.717, 1.165) is 33.2 Å². The van der Waals surface area contributed by atoms with Crippen LogP contribution >= 0.6 is 0 Å². The third-order valence-electron chi connectivity index (χ3n) is 7.09. The van der Waals surface area contributed by atoms with Crippen LogP contribution in [0, 0.1) is 0 Å². The summed E-state index contributed by atoms with van der Waals surface area (Å²) in [7, 11) is 1.65. The van der Waals surface area contributed by atoms with Gasteiger partial charge in [0.1, 0.15) is 17.0 Å². The van der Waals surface area contributed by atoms with E-state index in [9.17, 15) is 4.79 Å². The SMILES string of the molecule is COc1ccc2cc(C(=O)c3cn(C(c4ccccc4)(c4ccccc4)c4ccccc4)cn3)ccc2c1. The Labute approximate surface area is 221 Å². The van der Waals surface area contributed by atoms with Crippen LogP contribution in [0.1, 0.15) is 32.7 Å². The Kier molecular flexibility index (Phi) is 6.06. The topological polar surface area (TPSA) is 44.1 Å². The molecule has 6 rings (SSSR count). The van der Waals surface area contributed by atoms with E-state index in [1.54, 1.807) is 13.4 Å². The van der Waals surface area contributed by atoms with E-state index >= 15 is 0 Å². The highest BCUT2D eigenvalue weighted by Crippen LogP contribution is 2.40. The van der Waals surface area contributed by atoms with Crippen molar-refractivity contribution in [1.29, 1.82) is 0 Å². The average molecular weight is 495 g/mol. The molecule has 38 heavy (non-hydrogen) atoms. The minimum atomic E-state index is -0.713. The van der Waals surface area contributed by atoms with Gasteiger partial charge in [0.05, 0.1) is 13.4 Å². The predicted octanol–water partition coefficient (Wildman–Crippen LogP) is 7.12. The van der Waals surface area contributed by atoms with Crippen molar-refractivity contribution in [2.45, 2.75) is 5.54 Å². The molecule has 0 saturated carbocycles. The predicted molar refractivity (Wildman–Crippen MR) is 151 cm³/mol. The van der Waals surface area contributed by atoms with Gasteiger partial charge in [-0.15, -0.1) is 0 Å². The zero-order valence-corrected chi connectivity index (χ0v) is 21.0. The van der Waals surface area contributed by atoms with Crippen molar-refractivity contribution in [3.8, 4) is 5.75 Å². The maximum absolute atomic E-state index is 13.7. The van der Waals surface area contributed by atoms with Gasteiger partial charge < -0.3 is 9.30 Å². The van der Waals surface area contributed by atoms with Crippen LogP contribution in [0.5, 0.6) is 5.75 Å². The van der Waals surface area contributed by atoms with Crippen molar-refractivity contribution >= 4 is 16.6 Å². The van der Waals surface area contributed by atoms with Crippen molar-refractivity contribution < 1.29 is 9.53 Å². The molecule has 6 aromatic rings. The first-order valence-electron chi connectivity index (χ1n) is 12.5. The second-order valence-electron chi connectivity index (χ2n) is 9.23. The smallest absolute Gasteiger partial charge is 0.212 e. The molecule has 0 fully saturated rings. The first kappa shape index (κ1) is 23.4. The fraction of sp³-hybridized carbons (Fsp3) is 0.0588. The Hall–Kier alpha value is -4.96. The van der Waals surface area contributed by atoms with E-state index in [-0.39, 0.29) is 5.78 Å². The molecule has 0 atom stereocenters. The zero-order valence-electron chi connectivity index (χ0n) is 21.0. The molecule has 1 aromatic heterocycles. The van der Waals surface area contributed by atoms with Crippen LogP contribution in [-0.4, -0.2) is 22.4 Å². The Morgan fingerprint density at radius 3 is 1.76 bits per heavy atom. The van der Waals surface area contributed by atoms with Crippen LogP contribution in [-0.2, 0) is 5.54 Å². The lowest BCUT2D eigenvalue weighted by Crippen LogP contribution is -2.37. The van der Waals surface area contributed by atoms with Gasteiger partial charge in [-0.3, -0.25) is 4.79 Å². The number of benzene rings is 5. The third-order valence-corrected chi connectivity index (χ3v) is 7.09. The second kappa shape index (κ2) is 9.83. The summed E-state index contributed by atoms with van der Waals surface area (Å²) in [5.74, 6) is 0.666. The van der Waals surface area contributed by atoms with Gasteiger partial charge in [0.2, 0.25) is 5.78 Å². The summed E-state index contributed by atoms with van der Waals surface area (Å²) < 4.78 is 7.40. The van der Waals surface area contributed by atoms with Crippen LogP contribution < -0.4 is 4.74 Å². The molecular formula is C34H26N2O2. The highest BCUT2D eigenvalue weighted by molar-refractivity contribution is 6.09. The number of ether oxygens (including phenoxy) is 1. The number of methoxy groups -OCH3 is 1. The quantitative estimate of drug-likeness (QED) is 0.175. The van der Waals surface area contributed by atoms with Crippen molar-refractivity contribution in [1.82, 2.24) is 9.55 Å². The molecule has 5 aromatic carbocycles. The molecule has 0 bridgehead atoms. The van der Waals surface area contributed by atoms with Crippen LogP contribution in [0.2, 0.25) is 0 Å². The molecule has 0 spiro atoms. The van der Waals surface area contributed by atoms with E-state index in [2.05, 4.69) is 45.9 Å². The standard InChI is InChI=1S/C34H26N2O2/c1-38-31-20-19-25-21-27(18-17-26(25)22-31)33(37)32-23-36(24-35-32)34(28-11-5-2-6-12-28,29-13-7-3-8-14-29)30-15-9-4-10-16-30/h2-24H,1H3. The fourth-order valence-corrected chi connectivity index (χ4v) is 5.25. The first-order valence-corrected chi connectivity index (χ1v) is 12.5. The molecule has 4 nitrogen and oxygen atoms in total. The van der Waals surface area contributed by atoms with Crippen molar-refractivity contribution in [2.24, 2.45) is 0 Å². The minimum absolute atomic E-state index is 0.121. The van der Waals surface area contributed by atoms with Crippen molar-refractivity contribution in [3.63, 3.8) is 0 Å². The summed E-state index contributed by atoms with van der Waals surface area (Å²) in [6.45, 7) is 0. The number of fused-ring (bicyclic) bond motifs is 1. The second-order valence-corrected chi connectivity index (χ2v) is 9.23. The van der Waals surface area contributed by atoms with Crippen LogP contribution in [0.3, 0.4) is 0 Å². The van der Waals surface area contributed by atoms with Crippen LogP contribution in [0.4, 0.5) is 0 Å². The van der Waals surface area contributed by atoms with Crippen molar-refractivity contribution in [3.05, 3.63) is 168 Å². The largest absolute Gasteiger partial charge is 0.497 e. The van der Waals surface area contributed by atoms with Gasteiger partial charge in [-0.05, 0) is 45.7 Å². The summed E-state index contributed by atoms with van der Waals surface area (Å²) in [5, 5.41) is 1.99. The molecule has 0 amide bonds. The summed E-state index contributed by atoms with van der Waals surface area (Å²) in [6, 6.07) is 42.6. The molecule has 1 heterocycles. The molecule has 4 heteroatoms. The van der Waals surface area contributed by atoms with Crippen molar-refractivity contribution in [2.75, 3.05) is 7.11 Å². The van der Waals surface area contributed by atoms with E-state index in [4.69, 9.17) is 4.74 Å². The summed E-state index contributed by atoms with van der Waals surface area (Å²) >= 11 is 0. The minimum Gasteiger partial charge on any atom is -0.497 e. The fourth-order valence-electron chi connectivity index (χ4n) is 5.25. The summed E-state index contributed by atoms with van der Waals surface area (Å²) in [5.41, 5.74) is 3.51. The van der Waals surface area contributed by atoms with Gasteiger partial charge in [-0.2, -0.15) is 0 Å². The Balaban J connectivity index is 1.50. The molecule has 0 aliphatic rings. The third kappa shape index (κ3) is 3.97. The molecule has 0 aliphatic heterocycles. The van der Waals surface area contributed by atoms with Gasteiger partial charge in [-0.1, -0.05) is 109 Å². The number of nitrogens with zero attached hydrogens (tertiary/aromatic N) is 2. The lowest BCUT2D eigenvalue weighted by Gasteiger charge is -2.37. The highest BCUT2D eigenvalue weighted by Gasteiger charge is 2.38. The molecule has 0 aliphatic carbocycles. The lowest BCUT2D eigenvalue weighted by atomic mass is 9.77. The maximum Gasteiger partial charge on any atom is 0.212 e. The molecule has 0 radical (unpaired) electrons. The number of carbonyl (C=O) groups excluding carboxylic acids is 1. The summed E-state index contributed by atoms with van der Waals surface area (Å²) in [6.07, 6.45) is 3.64. The zero-order chi connectivity index (χ0) is 26.0. The van der Waals surface area contributed by atoms with E-state index in [1.165, 1.54) is 0 Å². The molecule has 0 unspecified atom stereocenters. The van der Waals surface area contributed by atoms with Crippen LogP contribution in [0.15, 0.2) is 140 Å². The first-order chi connectivity index (χ1) is 18.7. The Morgan fingerprint density at radius 1 is 0.684 bits per heavy atom. The monoisotopic (exact) mass is 494 g/mol. The number of hydrogen-bond donors (Lipinski definition) is 0. The highest BCUT2D eigenvalue weighted by atomic mass is 16.5. The molecule has 0 saturated heterocycles. The van der Waals surface area contributed by atoms with Gasteiger partial charge in [0, 0.05) is 11.8 Å². The summed E-state index contributed by atoms with van der Waals surface area (Å²) in [4.78, 5) is 18.3. The number of rotatable bonds is 7. The Bertz CT molecular complexity index is 1610. The number of hydrogen-bond acceptors (Lipinski definition) is 3. The van der Waals surface area contributed by atoms with Gasteiger partial charge >= 0.3 is 0 Å². The van der Waals surface area contributed by atoms with Crippen LogP contribution in [0.25, 0.3) is 10.8 Å². The normalized spacial score (nSPS) is 11.4. The van der Waals surface area contributed by atoms with Gasteiger partial charge in [0.25, 0.3) is 0 Å².